The number of amides is 2. The Hall–Kier alpha value is -3.14. The molecule has 140 valence electrons. The predicted octanol–water partition coefficient (Wildman–Crippen LogP) is 2.53. The standard InChI is InChI=1S/C17H19BrN8O/c18-14-9-23-17(26-15(14)21-5-4-13-8-20-10-24-13)25-12-3-1-2-11(6-12)7-22-16(19)27/h1-3,6,8-10H,4-5,7H2,(H,20,24)(H3,19,22,27)(H2,21,23,25,26). The van der Waals surface area contributed by atoms with Gasteiger partial charge in [-0.2, -0.15) is 4.98 Å². The van der Waals surface area contributed by atoms with E-state index in [9.17, 15) is 4.79 Å². The molecule has 2 aromatic heterocycles. The Kier molecular flexibility index (Phi) is 6.21. The molecule has 0 saturated carbocycles. The summed E-state index contributed by atoms with van der Waals surface area (Å²) in [6, 6.07) is 7.00. The number of hydrogen-bond acceptors (Lipinski definition) is 6. The van der Waals surface area contributed by atoms with Gasteiger partial charge in [-0.1, -0.05) is 12.1 Å². The molecule has 9 nitrogen and oxygen atoms in total. The second kappa shape index (κ2) is 8.99. The molecular weight excluding hydrogens is 412 g/mol. The molecule has 1 aromatic carbocycles. The lowest BCUT2D eigenvalue weighted by molar-refractivity contribution is 0.248. The number of nitrogens with one attached hydrogen (secondary N) is 4. The zero-order valence-corrected chi connectivity index (χ0v) is 16.0. The number of primary amides is 1. The van der Waals surface area contributed by atoms with Crippen LogP contribution in [0.15, 0.2) is 47.5 Å². The summed E-state index contributed by atoms with van der Waals surface area (Å²) in [5, 5.41) is 8.99. The maximum Gasteiger partial charge on any atom is 0.312 e. The van der Waals surface area contributed by atoms with Gasteiger partial charge < -0.3 is 26.7 Å². The lowest BCUT2D eigenvalue weighted by Crippen LogP contribution is -2.28. The van der Waals surface area contributed by atoms with Crippen molar-refractivity contribution < 1.29 is 4.79 Å². The third-order valence-electron chi connectivity index (χ3n) is 3.62. The fourth-order valence-corrected chi connectivity index (χ4v) is 2.70. The highest BCUT2D eigenvalue weighted by atomic mass is 79.9. The van der Waals surface area contributed by atoms with E-state index in [0.717, 1.165) is 27.8 Å². The number of nitrogens with zero attached hydrogens (tertiary/aromatic N) is 3. The number of carbonyl (C=O) groups is 1. The number of anilines is 3. The van der Waals surface area contributed by atoms with Gasteiger partial charge in [0.25, 0.3) is 0 Å². The zero-order valence-electron chi connectivity index (χ0n) is 14.4. The van der Waals surface area contributed by atoms with Crippen LogP contribution in [0.25, 0.3) is 0 Å². The van der Waals surface area contributed by atoms with Crippen molar-refractivity contribution in [3.8, 4) is 0 Å². The molecule has 2 heterocycles. The van der Waals surface area contributed by atoms with Crippen LogP contribution in [0, 0.1) is 0 Å². The summed E-state index contributed by atoms with van der Waals surface area (Å²) < 4.78 is 0.773. The topological polar surface area (TPSA) is 134 Å². The fourth-order valence-electron chi connectivity index (χ4n) is 2.37. The molecular formula is C17H19BrN8O. The number of benzene rings is 1. The van der Waals surface area contributed by atoms with Gasteiger partial charge in [0.1, 0.15) is 5.82 Å². The van der Waals surface area contributed by atoms with Gasteiger partial charge in [-0.25, -0.2) is 14.8 Å². The number of nitrogens with two attached hydrogens (primary N) is 1. The largest absolute Gasteiger partial charge is 0.369 e. The van der Waals surface area contributed by atoms with E-state index in [1.54, 1.807) is 12.5 Å². The van der Waals surface area contributed by atoms with Crippen LogP contribution in [0.1, 0.15) is 11.3 Å². The number of hydrogen-bond donors (Lipinski definition) is 5. The molecule has 0 saturated heterocycles. The molecule has 0 aliphatic carbocycles. The first kappa shape index (κ1) is 18.6. The Morgan fingerprint density at radius 2 is 2.19 bits per heavy atom. The molecule has 0 fully saturated rings. The van der Waals surface area contributed by atoms with Crippen molar-refractivity contribution in [3.05, 3.63) is 58.7 Å². The van der Waals surface area contributed by atoms with Gasteiger partial charge in [-0.15, -0.1) is 0 Å². The number of halogens is 1. The van der Waals surface area contributed by atoms with Crippen LogP contribution in [0.3, 0.4) is 0 Å². The van der Waals surface area contributed by atoms with E-state index in [1.807, 2.05) is 30.5 Å². The van der Waals surface area contributed by atoms with Crippen LogP contribution in [-0.4, -0.2) is 32.5 Å². The molecule has 0 aliphatic heterocycles. The highest BCUT2D eigenvalue weighted by Crippen LogP contribution is 2.22. The number of rotatable bonds is 8. The fraction of sp³-hybridized carbons (Fsp3) is 0.176. The quantitative estimate of drug-likeness (QED) is 0.372. The number of aromatic nitrogens is 4. The summed E-state index contributed by atoms with van der Waals surface area (Å²) in [5.74, 6) is 1.15. The Morgan fingerprint density at radius 1 is 1.30 bits per heavy atom. The van der Waals surface area contributed by atoms with Gasteiger partial charge in [0.15, 0.2) is 0 Å². The van der Waals surface area contributed by atoms with Gasteiger partial charge >= 0.3 is 6.03 Å². The molecule has 0 aliphatic rings. The second-order valence-electron chi connectivity index (χ2n) is 5.67. The molecule has 6 N–H and O–H groups in total. The van der Waals surface area contributed by atoms with Crippen LogP contribution in [-0.2, 0) is 13.0 Å². The average molecular weight is 431 g/mol. The van der Waals surface area contributed by atoms with E-state index in [2.05, 4.69) is 51.8 Å². The number of carbonyl (C=O) groups excluding carboxylic acids is 1. The Labute approximate surface area is 164 Å². The zero-order chi connectivity index (χ0) is 19.1. The average Bonchev–Trinajstić information content (AvgIpc) is 3.16. The summed E-state index contributed by atoms with van der Waals surface area (Å²) in [6.45, 7) is 1.04. The minimum atomic E-state index is -0.560. The van der Waals surface area contributed by atoms with Gasteiger partial charge in [0.05, 0.1) is 16.5 Å². The molecule has 0 spiro atoms. The number of H-pyrrole nitrogens is 1. The predicted molar refractivity (Wildman–Crippen MR) is 107 cm³/mol. The van der Waals surface area contributed by atoms with Crippen molar-refractivity contribution in [2.75, 3.05) is 17.2 Å². The van der Waals surface area contributed by atoms with Gasteiger partial charge in [0.2, 0.25) is 5.95 Å². The van der Waals surface area contributed by atoms with E-state index in [0.29, 0.717) is 24.9 Å². The molecule has 0 bridgehead atoms. The monoisotopic (exact) mass is 430 g/mol. The summed E-state index contributed by atoms with van der Waals surface area (Å²) in [6.07, 6.45) is 5.98. The number of aromatic amines is 1. The SMILES string of the molecule is NC(=O)NCc1cccc(Nc2ncc(Br)c(NCCc3c[nH]cn3)n2)c1. The highest BCUT2D eigenvalue weighted by molar-refractivity contribution is 9.10. The number of imidazole rings is 1. The summed E-state index contributed by atoms with van der Waals surface area (Å²) >= 11 is 3.45. The van der Waals surface area contributed by atoms with Crippen molar-refractivity contribution in [3.63, 3.8) is 0 Å². The van der Waals surface area contributed by atoms with E-state index in [-0.39, 0.29) is 0 Å². The third-order valence-corrected chi connectivity index (χ3v) is 4.20. The van der Waals surface area contributed by atoms with E-state index in [1.165, 1.54) is 0 Å². The van der Waals surface area contributed by atoms with E-state index < -0.39 is 6.03 Å². The first-order chi connectivity index (χ1) is 13.1. The van der Waals surface area contributed by atoms with Gasteiger partial charge in [0, 0.05) is 37.6 Å². The lowest BCUT2D eigenvalue weighted by atomic mass is 10.2. The van der Waals surface area contributed by atoms with Crippen LogP contribution >= 0.6 is 15.9 Å². The molecule has 10 heteroatoms. The lowest BCUT2D eigenvalue weighted by Gasteiger charge is -2.11. The number of urea groups is 1. The third kappa shape index (κ3) is 5.68. The van der Waals surface area contributed by atoms with Crippen molar-refractivity contribution in [2.45, 2.75) is 13.0 Å². The Bertz CT molecular complexity index is 900. The molecule has 27 heavy (non-hydrogen) atoms. The Balaban J connectivity index is 1.63. The normalized spacial score (nSPS) is 10.4. The van der Waals surface area contributed by atoms with Crippen LogP contribution < -0.4 is 21.7 Å². The summed E-state index contributed by atoms with van der Waals surface area (Å²) in [7, 11) is 0. The highest BCUT2D eigenvalue weighted by Gasteiger charge is 2.06. The first-order valence-electron chi connectivity index (χ1n) is 8.23. The minimum absolute atomic E-state index is 0.353. The first-order valence-corrected chi connectivity index (χ1v) is 9.03. The molecule has 3 aromatic rings. The molecule has 0 radical (unpaired) electrons. The molecule has 2 amide bonds. The molecule has 0 atom stereocenters. The van der Waals surface area contributed by atoms with Crippen molar-refractivity contribution in [1.29, 1.82) is 0 Å². The van der Waals surface area contributed by atoms with Crippen molar-refractivity contribution >= 4 is 39.4 Å². The molecule has 3 rings (SSSR count). The molecule has 0 unspecified atom stereocenters. The van der Waals surface area contributed by atoms with Crippen LogP contribution in [0.2, 0.25) is 0 Å². The van der Waals surface area contributed by atoms with Crippen LogP contribution in [0.5, 0.6) is 0 Å². The van der Waals surface area contributed by atoms with Gasteiger partial charge in [-0.3, -0.25) is 0 Å². The minimum Gasteiger partial charge on any atom is -0.369 e. The van der Waals surface area contributed by atoms with Crippen molar-refractivity contribution in [2.24, 2.45) is 5.73 Å². The van der Waals surface area contributed by atoms with Crippen LogP contribution in [0.4, 0.5) is 22.2 Å². The smallest absolute Gasteiger partial charge is 0.312 e. The summed E-state index contributed by atoms with van der Waals surface area (Å²) in [4.78, 5) is 26.7. The summed E-state index contributed by atoms with van der Waals surface area (Å²) in [5.41, 5.74) is 7.80. The maximum atomic E-state index is 10.8. The second-order valence-corrected chi connectivity index (χ2v) is 6.52. The van der Waals surface area contributed by atoms with E-state index >= 15 is 0 Å². The van der Waals surface area contributed by atoms with Crippen molar-refractivity contribution in [1.82, 2.24) is 25.3 Å². The van der Waals surface area contributed by atoms with E-state index in [4.69, 9.17) is 5.73 Å². The Morgan fingerprint density at radius 3 is 2.96 bits per heavy atom. The maximum absolute atomic E-state index is 10.8. The van der Waals surface area contributed by atoms with Gasteiger partial charge in [-0.05, 0) is 33.6 Å².